The van der Waals surface area contributed by atoms with Crippen molar-refractivity contribution < 1.29 is 9.52 Å². The fourth-order valence-electron chi connectivity index (χ4n) is 2.25. The van der Waals surface area contributed by atoms with Crippen LogP contribution < -0.4 is 0 Å². The number of fused-ring (bicyclic) bond motifs is 1. The van der Waals surface area contributed by atoms with Crippen molar-refractivity contribution in [3.05, 3.63) is 30.2 Å². The molecular formula is C12H13NO2. The summed E-state index contributed by atoms with van der Waals surface area (Å²) in [6, 6.07) is 7.78. The smallest absolute Gasteiger partial charge is 0.198 e. The van der Waals surface area contributed by atoms with Crippen molar-refractivity contribution in [3.8, 4) is 0 Å². The first-order chi connectivity index (χ1) is 7.33. The number of hydrogen-bond donors (Lipinski definition) is 1. The largest absolute Gasteiger partial charge is 0.440 e. The van der Waals surface area contributed by atoms with Crippen LogP contribution in [0, 0.1) is 0 Å². The van der Waals surface area contributed by atoms with E-state index in [4.69, 9.17) is 4.42 Å². The number of nitrogens with zero attached hydrogens (tertiary/aromatic N) is 1. The molecule has 0 radical (unpaired) electrons. The van der Waals surface area contributed by atoms with E-state index >= 15 is 0 Å². The minimum Gasteiger partial charge on any atom is -0.440 e. The van der Waals surface area contributed by atoms with Gasteiger partial charge in [0, 0.05) is 5.92 Å². The number of aliphatic hydroxyl groups excluding tert-OH is 1. The Bertz CT molecular complexity index is 444. The summed E-state index contributed by atoms with van der Waals surface area (Å²) in [5, 5.41) is 9.47. The fraction of sp³-hybridized carbons (Fsp3) is 0.417. The molecule has 0 aliphatic heterocycles. The number of hydrogen-bond acceptors (Lipinski definition) is 3. The summed E-state index contributed by atoms with van der Waals surface area (Å²) < 4.78 is 5.68. The highest BCUT2D eigenvalue weighted by molar-refractivity contribution is 5.72. The van der Waals surface area contributed by atoms with Crippen molar-refractivity contribution >= 4 is 11.1 Å². The highest BCUT2D eigenvalue weighted by Gasteiger charge is 2.27. The zero-order valence-corrected chi connectivity index (χ0v) is 8.39. The SMILES string of the molecule is OC1CCC(c2nc3ccccc3o2)C1. The molecule has 78 valence electrons. The van der Waals surface area contributed by atoms with Crippen LogP contribution in [-0.2, 0) is 0 Å². The molecule has 1 heterocycles. The van der Waals surface area contributed by atoms with Crippen LogP contribution in [0.1, 0.15) is 31.1 Å². The molecule has 2 aromatic rings. The van der Waals surface area contributed by atoms with E-state index in [0.717, 1.165) is 36.3 Å². The third-order valence-electron chi connectivity index (χ3n) is 3.06. The zero-order valence-electron chi connectivity index (χ0n) is 8.39. The third kappa shape index (κ3) is 1.53. The lowest BCUT2D eigenvalue weighted by atomic mass is 10.1. The van der Waals surface area contributed by atoms with Crippen LogP contribution in [0.4, 0.5) is 0 Å². The average molecular weight is 203 g/mol. The summed E-state index contributed by atoms with van der Waals surface area (Å²) in [7, 11) is 0. The Hall–Kier alpha value is -1.35. The van der Waals surface area contributed by atoms with Crippen LogP contribution in [0.5, 0.6) is 0 Å². The summed E-state index contributed by atoms with van der Waals surface area (Å²) in [5.74, 6) is 1.08. The van der Waals surface area contributed by atoms with Gasteiger partial charge in [-0.1, -0.05) is 12.1 Å². The Kier molecular flexibility index (Phi) is 1.99. The van der Waals surface area contributed by atoms with E-state index in [1.165, 1.54) is 0 Å². The number of para-hydroxylation sites is 2. The molecule has 3 nitrogen and oxygen atoms in total. The van der Waals surface area contributed by atoms with E-state index in [9.17, 15) is 5.11 Å². The molecular weight excluding hydrogens is 190 g/mol. The van der Waals surface area contributed by atoms with E-state index in [0.29, 0.717) is 5.92 Å². The minimum absolute atomic E-state index is 0.176. The summed E-state index contributed by atoms with van der Waals surface area (Å²) >= 11 is 0. The van der Waals surface area contributed by atoms with Crippen LogP contribution in [0.3, 0.4) is 0 Å². The molecule has 2 atom stereocenters. The van der Waals surface area contributed by atoms with E-state index in [1.807, 2.05) is 24.3 Å². The second-order valence-electron chi connectivity index (χ2n) is 4.18. The Labute approximate surface area is 87.7 Å². The van der Waals surface area contributed by atoms with Gasteiger partial charge in [-0.3, -0.25) is 0 Å². The standard InChI is InChI=1S/C12H13NO2/c14-9-6-5-8(7-9)12-13-10-3-1-2-4-11(10)15-12/h1-4,8-9,14H,5-7H2. The molecule has 1 aliphatic rings. The molecule has 1 saturated carbocycles. The lowest BCUT2D eigenvalue weighted by Crippen LogP contribution is -1.99. The summed E-state index contributed by atoms with van der Waals surface area (Å²) in [6.07, 6.45) is 2.45. The highest BCUT2D eigenvalue weighted by Crippen LogP contribution is 2.35. The first kappa shape index (κ1) is 8.92. The van der Waals surface area contributed by atoms with Gasteiger partial charge in [-0.2, -0.15) is 0 Å². The second kappa shape index (κ2) is 3.35. The molecule has 1 N–H and O–H groups in total. The number of aliphatic hydroxyl groups is 1. The first-order valence-corrected chi connectivity index (χ1v) is 5.36. The van der Waals surface area contributed by atoms with Crippen molar-refractivity contribution in [2.75, 3.05) is 0 Å². The normalized spacial score (nSPS) is 26.2. The van der Waals surface area contributed by atoms with Crippen LogP contribution in [-0.4, -0.2) is 16.2 Å². The van der Waals surface area contributed by atoms with Gasteiger partial charge in [0.1, 0.15) is 5.52 Å². The minimum atomic E-state index is -0.176. The van der Waals surface area contributed by atoms with E-state index in [-0.39, 0.29) is 6.10 Å². The number of aromatic nitrogens is 1. The van der Waals surface area contributed by atoms with Crippen LogP contribution in [0.25, 0.3) is 11.1 Å². The van der Waals surface area contributed by atoms with Gasteiger partial charge in [0.05, 0.1) is 6.10 Å². The molecule has 0 bridgehead atoms. The van der Waals surface area contributed by atoms with Gasteiger partial charge in [-0.25, -0.2) is 4.98 Å². The quantitative estimate of drug-likeness (QED) is 0.774. The molecule has 1 aliphatic carbocycles. The predicted octanol–water partition coefficient (Wildman–Crippen LogP) is 2.46. The number of oxazole rings is 1. The maximum atomic E-state index is 9.47. The summed E-state index contributed by atoms with van der Waals surface area (Å²) in [4.78, 5) is 4.45. The molecule has 15 heavy (non-hydrogen) atoms. The highest BCUT2D eigenvalue weighted by atomic mass is 16.3. The van der Waals surface area contributed by atoms with Crippen LogP contribution in [0.2, 0.25) is 0 Å². The number of rotatable bonds is 1. The average Bonchev–Trinajstić information content (AvgIpc) is 2.82. The maximum Gasteiger partial charge on any atom is 0.198 e. The Morgan fingerprint density at radius 3 is 2.87 bits per heavy atom. The molecule has 0 spiro atoms. The van der Waals surface area contributed by atoms with Crippen molar-refractivity contribution in [2.24, 2.45) is 0 Å². The molecule has 3 heteroatoms. The topological polar surface area (TPSA) is 46.3 Å². The van der Waals surface area contributed by atoms with Gasteiger partial charge >= 0.3 is 0 Å². The predicted molar refractivity (Wildman–Crippen MR) is 56.6 cm³/mol. The lowest BCUT2D eigenvalue weighted by molar-refractivity contribution is 0.180. The summed E-state index contributed by atoms with van der Waals surface area (Å²) in [6.45, 7) is 0. The monoisotopic (exact) mass is 203 g/mol. The Morgan fingerprint density at radius 1 is 1.27 bits per heavy atom. The number of benzene rings is 1. The molecule has 3 rings (SSSR count). The van der Waals surface area contributed by atoms with Crippen molar-refractivity contribution in [3.63, 3.8) is 0 Å². The molecule has 1 aromatic carbocycles. The van der Waals surface area contributed by atoms with Crippen molar-refractivity contribution in [1.29, 1.82) is 0 Å². The van der Waals surface area contributed by atoms with Gasteiger partial charge in [-0.05, 0) is 31.4 Å². The van der Waals surface area contributed by atoms with Gasteiger partial charge in [-0.15, -0.1) is 0 Å². The van der Waals surface area contributed by atoms with Gasteiger partial charge < -0.3 is 9.52 Å². The second-order valence-corrected chi connectivity index (χ2v) is 4.18. The summed E-state index contributed by atoms with van der Waals surface area (Å²) in [5.41, 5.74) is 1.75. The Balaban J connectivity index is 1.98. The van der Waals surface area contributed by atoms with E-state index in [1.54, 1.807) is 0 Å². The molecule has 2 unspecified atom stereocenters. The van der Waals surface area contributed by atoms with E-state index < -0.39 is 0 Å². The fourth-order valence-corrected chi connectivity index (χ4v) is 2.25. The lowest BCUT2D eigenvalue weighted by Gasteiger charge is -2.01. The third-order valence-corrected chi connectivity index (χ3v) is 3.06. The molecule has 1 aromatic heterocycles. The van der Waals surface area contributed by atoms with Crippen LogP contribution >= 0.6 is 0 Å². The zero-order chi connectivity index (χ0) is 10.3. The molecule has 0 amide bonds. The van der Waals surface area contributed by atoms with Crippen molar-refractivity contribution in [2.45, 2.75) is 31.3 Å². The van der Waals surface area contributed by atoms with E-state index in [2.05, 4.69) is 4.98 Å². The maximum absolute atomic E-state index is 9.47. The molecule has 0 saturated heterocycles. The van der Waals surface area contributed by atoms with Gasteiger partial charge in [0.25, 0.3) is 0 Å². The first-order valence-electron chi connectivity index (χ1n) is 5.36. The van der Waals surface area contributed by atoms with Crippen LogP contribution in [0.15, 0.2) is 28.7 Å². The van der Waals surface area contributed by atoms with Gasteiger partial charge in [0.2, 0.25) is 0 Å². The van der Waals surface area contributed by atoms with Crippen molar-refractivity contribution in [1.82, 2.24) is 4.98 Å². The Morgan fingerprint density at radius 2 is 2.13 bits per heavy atom. The van der Waals surface area contributed by atoms with Gasteiger partial charge in [0.15, 0.2) is 11.5 Å². The molecule has 1 fully saturated rings.